The molecular weight excluding hydrogens is 186 g/mol. The van der Waals surface area contributed by atoms with Crippen LogP contribution in [0.2, 0.25) is 0 Å². The van der Waals surface area contributed by atoms with E-state index in [0.717, 1.165) is 5.69 Å². The van der Waals surface area contributed by atoms with Gasteiger partial charge in [0.05, 0.1) is 0 Å². The summed E-state index contributed by atoms with van der Waals surface area (Å²) in [5, 5.41) is 2.97. The molecule has 0 unspecified atom stereocenters. The molecule has 0 spiro atoms. The lowest BCUT2D eigenvalue weighted by atomic mass is 10.3. The molecule has 3 nitrogen and oxygen atoms in total. The van der Waals surface area contributed by atoms with Crippen molar-refractivity contribution in [3.05, 3.63) is 30.3 Å². The zero-order valence-electron chi connectivity index (χ0n) is 7.23. The lowest BCUT2D eigenvalue weighted by Crippen LogP contribution is -2.25. The maximum absolute atomic E-state index is 11.0. The van der Waals surface area contributed by atoms with Crippen molar-refractivity contribution in [2.24, 2.45) is 0 Å². The summed E-state index contributed by atoms with van der Waals surface area (Å²) < 4.78 is 4.28. The number of rotatable bonds is 3. The first-order chi connectivity index (χ1) is 6.24. The highest BCUT2D eigenvalue weighted by atomic mass is 32.1. The van der Waals surface area contributed by atoms with Crippen molar-refractivity contribution in [1.29, 1.82) is 0 Å². The van der Waals surface area contributed by atoms with E-state index >= 15 is 0 Å². The molecule has 0 saturated carbocycles. The molecule has 1 N–H and O–H groups in total. The molecule has 0 aliphatic rings. The molecule has 0 aromatic heterocycles. The highest BCUT2D eigenvalue weighted by Crippen LogP contribution is 2.07. The van der Waals surface area contributed by atoms with Crippen molar-refractivity contribution in [3.8, 4) is 0 Å². The summed E-state index contributed by atoms with van der Waals surface area (Å²) >= 11 is 3.43. The Hall–Kier alpha value is -1.16. The second kappa shape index (κ2) is 4.77. The van der Waals surface area contributed by atoms with Crippen LogP contribution in [-0.4, -0.2) is 12.0 Å². The molecule has 1 aromatic carbocycles. The Bertz CT molecular complexity index is 276. The van der Waals surface area contributed by atoms with E-state index in [0.29, 0.717) is 0 Å². The summed E-state index contributed by atoms with van der Waals surface area (Å²) in [6.45, 7) is 1.71. The van der Waals surface area contributed by atoms with Gasteiger partial charge < -0.3 is 9.50 Å². The summed E-state index contributed by atoms with van der Waals surface area (Å²) in [5.74, 6) is -0.396. The van der Waals surface area contributed by atoms with Crippen LogP contribution < -0.4 is 5.32 Å². The summed E-state index contributed by atoms with van der Waals surface area (Å²) in [6.07, 6.45) is 0. The van der Waals surface area contributed by atoms with Crippen molar-refractivity contribution < 1.29 is 8.98 Å². The molecule has 0 amide bonds. The normalized spacial score (nSPS) is 11.8. The van der Waals surface area contributed by atoms with Crippen molar-refractivity contribution >= 4 is 24.6 Å². The molecule has 0 bridgehead atoms. The second-order valence-electron chi connectivity index (χ2n) is 2.64. The van der Waals surface area contributed by atoms with Crippen LogP contribution in [0.5, 0.6) is 0 Å². The van der Waals surface area contributed by atoms with Gasteiger partial charge in [-0.1, -0.05) is 18.2 Å². The Labute approximate surface area is 82.7 Å². The van der Waals surface area contributed by atoms with Crippen LogP contribution in [0.1, 0.15) is 6.92 Å². The lowest BCUT2D eigenvalue weighted by Gasteiger charge is -2.11. The number of benzene rings is 1. The number of hydrogen-bond donors (Lipinski definition) is 2. The first-order valence-electron chi connectivity index (χ1n) is 3.91. The van der Waals surface area contributed by atoms with Gasteiger partial charge in [-0.2, -0.15) is 0 Å². The Morgan fingerprint density at radius 2 is 2.08 bits per heavy atom. The molecule has 70 valence electrons. The number of carbonyl (C=O) groups excluding carboxylic acids is 1. The first kappa shape index (κ1) is 9.92. The largest absolute Gasteiger partial charge is 0.393 e. The van der Waals surface area contributed by atoms with E-state index < -0.39 is 5.97 Å². The lowest BCUT2D eigenvalue weighted by molar-refractivity contribution is -0.133. The molecule has 0 heterocycles. The van der Waals surface area contributed by atoms with Crippen LogP contribution in [0.3, 0.4) is 0 Å². The van der Waals surface area contributed by atoms with Gasteiger partial charge in [0.15, 0.2) is 0 Å². The third-order valence-corrected chi connectivity index (χ3v) is 1.78. The van der Waals surface area contributed by atoms with E-state index in [1.807, 2.05) is 30.3 Å². The fourth-order valence-corrected chi connectivity index (χ4v) is 1.08. The van der Waals surface area contributed by atoms with E-state index in [9.17, 15) is 4.79 Å². The number of thiol groups is 1. The SMILES string of the molecule is C[C@H](Nc1ccccc1)C(=O)OS. The second-order valence-corrected chi connectivity index (χ2v) is 2.82. The Morgan fingerprint density at radius 3 is 2.62 bits per heavy atom. The van der Waals surface area contributed by atoms with Crippen molar-refractivity contribution in [2.75, 3.05) is 5.32 Å². The van der Waals surface area contributed by atoms with Gasteiger partial charge in [-0.05, 0) is 19.1 Å². The number of anilines is 1. The average molecular weight is 197 g/mol. The van der Waals surface area contributed by atoms with Gasteiger partial charge in [0, 0.05) is 18.6 Å². The highest BCUT2D eigenvalue weighted by molar-refractivity contribution is 7.75. The molecule has 0 aliphatic heterocycles. The maximum atomic E-state index is 11.0. The van der Waals surface area contributed by atoms with Crippen molar-refractivity contribution in [3.63, 3.8) is 0 Å². The third kappa shape index (κ3) is 2.99. The van der Waals surface area contributed by atoms with Crippen molar-refractivity contribution in [1.82, 2.24) is 0 Å². The molecule has 0 saturated heterocycles. The van der Waals surface area contributed by atoms with Crippen LogP contribution in [0.4, 0.5) is 5.69 Å². The number of para-hydroxylation sites is 1. The number of carbonyl (C=O) groups is 1. The van der Waals surface area contributed by atoms with Crippen LogP contribution in [0.15, 0.2) is 30.3 Å². The van der Waals surface area contributed by atoms with Gasteiger partial charge >= 0.3 is 5.97 Å². The molecular formula is C9H11NO2S. The van der Waals surface area contributed by atoms with Gasteiger partial charge in [-0.3, -0.25) is 0 Å². The number of hydrogen-bond acceptors (Lipinski definition) is 4. The molecule has 13 heavy (non-hydrogen) atoms. The van der Waals surface area contributed by atoms with Gasteiger partial charge in [-0.25, -0.2) is 4.79 Å². The standard InChI is InChI=1S/C9H11NO2S/c1-7(9(11)12-13)10-8-5-3-2-4-6-8/h2-7,10,13H,1H3/t7-/m0/s1. The van der Waals surface area contributed by atoms with E-state index in [4.69, 9.17) is 0 Å². The number of nitrogens with one attached hydrogen (secondary N) is 1. The van der Waals surface area contributed by atoms with Gasteiger partial charge in [0.1, 0.15) is 6.04 Å². The minimum atomic E-state index is -0.396. The van der Waals surface area contributed by atoms with Crippen LogP contribution in [0, 0.1) is 0 Å². The first-order valence-corrected chi connectivity index (χ1v) is 4.27. The van der Waals surface area contributed by atoms with E-state index in [2.05, 4.69) is 22.4 Å². The quantitative estimate of drug-likeness (QED) is 0.574. The molecule has 0 fully saturated rings. The maximum Gasteiger partial charge on any atom is 0.340 e. The Morgan fingerprint density at radius 1 is 1.46 bits per heavy atom. The molecule has 1 aromatic rings. The summed E-state index contributed by atoms with van der Waals surface area (Å²) in [4.78, 5) is 11.0. The fraction of sp³-hybridized carbons (Fsp3) is 0.222. The van der Waals surface area contributed by atoms with Crippen LogP contribution >= 0.6 is 12.9 Å². The zero-order chi connectivity index (χ0) is 9.68. The highest BCUT2D eigenvalue weighted by Gasteiger charge is 2.12. The minimum absolute atomic E-state index is 0.389. The topological polar surface area (TPSA) is 38.3 Å². The van der Waals surface area contributed by atoms with E-state index in [1.54, 1.807) is 6.92 Å². The Kier molecular flexibility index (Phi) is 3.64. The van der Waals surface area contributed by atoms with Crippen LogP contribution in [-0.2, 0) is 8.98 Å². The molecule has 1 atom stereocenters. The molecule has 4 heteroatoms. The predicted octanol–water partition coefficient (Wildman–Crippen LogP) is 1.87. The monoisotopic (exact) mass is 197 g/mol. The fourth-order valence-electron chi connectivity index (χ4n) is 0.922. The summed E-state index contributed by atoms with van der Waals surface area (Å²) in [7, 11) is 0. The van der Waals surface area contributed by atoms with E-state index in [1.165, 1.54) is 0 Å². The molecule has 1 rings (SSSR count). The minimum Gasteiger partial charge on any atom is -0.393 e. The van der Waals surface area contributed by atoms with Gasteiger partial charge in [0.2, 0.25) is 0 Å². The van der Waals surface area contributed by atoms with E-state index in [-0.39, 0.29) is 6.04 Å². The zero-order valence-corrected chi connectivity index (χ0v) is 8.12. The predicted molar refractivity (Wildman–Crippen MR) is 54.6 cm³/mol. The third-order valence-electron chi connectivity index (χ3n) is 1.60. The van der Waals surface area contributed by atoms with Crippen molar-refractivity contribution in [2.45, 2.75) is 13.0 Å². The summed E-state index contributed by atoms with van der Waals surface area (Å²) in [5.41, 5.74) is 0.883. The van der Waals surface area contributed by atoms with Gasteiger partial charge in [0.25, 0.3) is 0 Å². The van der Waals surface area contributed by atoms with Crippen LogP contribution in [0.25, 0.3) is 0 Å². The van der Waals surface area contributed by atoms with Gasteiger partial charge in [-0.15, -0.1) is 0 Å². The average Bonchev–Trinajstić information content (AvgIpc) is 2.18. The molecule has 0 radical (unpaired) electrons. The Balaban J connectivity index is 2.55. The summed E-state index contributed by atoms with van der Waals surface area (Å²) in [6, 6.07) is 9.06. The molecule has 0 aliphatic carbocycles. The smallest absolute Gasteiger partial charge is 0.340 e.